The van der Waals surface area contributed by atoms with Gasteiger partial charge in [0.1, 0.15) is 11.5 Å². The molecule has 0 bridgehead atoms. The van der Waals surface area contributed by atoms with Gasteiger partial charge in [-0.15, -0.1) is 0 Å². The van der Waals surface area contributed by atoms with Crippen LogP contribution in [0.1, 0.15) is 35.5 Å². The second-order valence-corrected chi connectivity index (χ2v) is 5.09. The lowest BCUT2D eigenvalue weighted by Crippen LogP contribution is -2.30. The summed E-state index contributed by atoms with van der Waals surface area (Å²) in [5.74, 6) is -0.420. The Balaban J connectivity index is 2.70. The number of hydrogen-bond acceptors (Lipinski definition) is 3. The van der Waals surface area contributed by atoms with E-state index >= 15 is 0 Å². The quantitative estimate of drug-likeness (QED) is 0.862. The van der Waals surface area contributed by atoms with Gasteiger partial charge in [0, 0.05) is 17.3 Å². The number of benzene rings is 1. The van der Waals surface area contributed by atoms with Crippen LogP contribution in [0.4, 0.5) is 4.39 Å². The third kappa shape index (κ3) is 2.42. The molecule has 2 aromatic rings. The zero-order valence-electron chi connectivity index (χ0n) is 11.1. The minimum atomic E-state index is -0.710. The molecule has 0 aliphatic carbocycles. The second-order valence-electron chi connectivity index (χ2n) is 5.09. The predicted molar refractivity (Wildman–Crippen MR) is 70.9 cm³/mol. The Labute approximate surface area is 111 Å². The van der Waals surface area contributed by atoms with Crippen molar-refractivity contribution >= 4 is 6.29 Å². The van der Waals surface area contributed by atoms with Gasteiger partial charge in [-0.2, -0.15) is 5.10 Å². The number of carbonyl (C=O) groups is 1. The summed E-state index contributed by atoms with van der Waals surface area (Å²) in [6, 6.07) is 4.72. The molecule has 0 aliphatic rings. The molecule has 0 radical (unpaired) electrons. The highest BCUT2D eigenvalue weighted by atomic mass is 19.1. The molecule has 2 rings (SSSR count). The number of aldehydes is 1. The highest BCUT2D eigenvalue weighted by molar-refractivity contribution is 5.76. The average Bonchev–Trinajstić information content (AvgIpc) is 2.68. The van der Waals surface area contributed by atoms with E-state index < -0.39 is 11.4 Å². The fraction of sp³-hybridized carbons (Fsp3) is 0.286. The van der Waals surface area contributed by atoms with E-state index in [1.54, 1.807) is 32.9 Å². The molecule has 0 fully saturated rings. The van der Waals surface area contributed by atoms with Crippen LogP contribution in [-0.4, -0.2) is 16.1 Å². The lowest BCUT2D eigenvalue weighted by molar-refractivity contribution is 0.112. The number of carbonyl (C=O) groups excluding carboxylic acids is 1. The Bertz CT molecular complexity index is 626. The number of para-hydroxylation sites is 1. The molecule has 0 saturated carbocycles. The molecule has 1 aromatic heterocycles. The monoisotopic (exact) mass is 261 g/mol. The number of rotatable bonds is 3. The molecule has 0 unspecified atom stereocenters. The van der Waals surface area contributed by atoms with Crippen LogP contribution < -0.4 is 5.73 Å². The first kappa shape index (κ1) is 13.4. The van der Waals surface area contributed by atoms with Crippen LogP contribution in [0, 0.1) is 12.7 Å². The highest BCUT2D eigenvalue weighted by Gasteiger charge is 2.23. The van der Waals surface area contributed by atoms with E-state index in [0.29, 0.717) is 23.1 Å². The van der Waals surface area contributed by atoms with Crippen molar-refractivity contribution in [1.29, 1.82) is 0 Å². The summed E-state index contributed by atoms with van der Waals surface area (Å²) < 4.78 is 15.5. The van der Waals surface area contributed by atoms with E-state index in [-0.39, 0.29) is 5.69 Å². The van der Waals surface area contributed by atoms with Crippen molar-refractivity contribution in [3.63, 3.8) is 0 Å². The van der Waals surface area contributed by atoms with Gasteiger partial charge in [0.15, 0.2) is 6.29 Å². The van der Waals surface area contributed by atoms with Crippen LogP contribution in [-0.2, 0) is 5.54 Å². The normalized spacial score (nSPS) is 11.6. The van der Waals surface area contributed by atoms with Gasteiger partial charge < -0.3 is 5.73 Å². The zero-order valence-corrected chi connectivity index (χ0v) is 11.1. The number of nitrogens with zero attached hydrogens (tertiary/aromatic N) is 2. The van der Waals surface area contributed by atoms with Gasteiger partial charge in [-0.05, 0) is 26.8 Å². The van der Waals surface area contributed by atoms with Gasteiger partial charge in [0.2, 0.25) is 0 Å². The zero-order chi connectivity index (χ0) is 14.2. The van der Waals surface area contributed by atoms with Crippen LogP contribution >= 0.6 is 0 Å². The van der Waals surface area contributed by atoms with Gasteiger partial charge in [-0.25, -0.2) is 9.07 Å². The average molecular weight is 261 g/mol. The lowest BCUT2D eigenvalue weighted by Gasteiger charge is -2.23. The summed E-state index contributed by atoms with van der Waals surface area (Å²) >= 11 is 0. The van der Waals surface area contributed by atoms with E-state index in [1.807, 2.05) is 0 Å². The van der Waals surface area contributed by atoms with Crippen LogP contribution in [0.3, 0.4) is 0 Å². The van der Waals surface area contributed by atoms with Gasteiger partial charge in [0.25, 0.3) is 0 Å². The largest absolute Gasteiger partial charge is 0.322 e. The fourth-order valence-electron chi connectivity index (χ4n) is 1.97. The van der Waals surface area contributed by atoms with Crippen LogP contribution in [0.15, 0.2) is 24.4 Å². The highest BCUT2D eigenvalue weighted by Crippen LogP contribution is 2.27. The van der Waals surface area contributed by atoms with E-state index in [4.69, 9.17) is 5.73 Å². The maximum Gasteiger partial charge on any atom is 0.153 e. The molecule has 1 heterocycles. The van der Waals surface area contributed by atoms with E-state index in [2.05, 4.69) is 5.10 Å². The number of halogens is 1. The third-order valence-electron chi connectivity index (χ3n) is 2.97. The Morgan fingerprint density at radius 1 is 1.42 bits per heavy atom. The molecular formula is C14H16FN3O. The summed E-state index contributed by atoms with van der Waals surface area (Å²) in [6.45, 7) is 5.29. The van der Waals surface area contributed by atoms with Crippen LogP contribution in [0.2, 0.25) is 0 Å². The van der Waals surface area contributed by atoms with Gasteiger partial charge in [-0.1, -0.05) is 12.1 Å². The van der Waals surface area contributed by atoms with Crippen molar-refractivity contribution in [2.75, 3.05) is 0 Å². The summed E-state index contributed by atoms with van der Waals surface area (Å²) in [4.78, 5) is 10.9. The van der Waals surface area contributed by atoms with E-state index in [0.717, 1.165) is 0 Å². The van der Waals surface area contributed by atoms with Crippen molar-refractivity contribution in [3.05, 3.63) is 47.0 Å². The van der Waals surface area contributed by atoms with Gasteiger partial charge >= 0.3 is 0 Å². The Kier molecular flexibility index (Phi) is 3.24. The number of aryl methyl sites for hydroxylation is 1. The molecule has 4 nitrogen and oxygen atoms in total. The van der Waals surface area contributed by atoms with Crippen molar-refractivity contribution in [3.8, 4) is 5.69 Å². The van der Waals surface area contributed by atoms with Crippen LogP contribution in [0.25, 0.3) is 5.69 Å². The smallest absolute Gasteiger partial charge is 0.153 e. The fourth-order valence-corrected chi connectivity index (χ4v) is 1.97. The van der Waals surface area contributed by atoms with Gasteiger partial charge in [0.05, 0.1) is 11.3 Å². The van der Waals surface area contributed by atoms with Crippen molar-refractivity contribution in [2.45, 2.75) is 26.3 Å². The third-order valence-corrected chi connectivity index (χ3v) is 2.97. The number of hydrogen-bond donors (Lipinski definition) is 1. The molecule has 1 aromatic carbocycles. The van der Waals surface area contributed by atoms with Crippen molar-refractivity contribution < 1.29 is 9.18 Å². The molecule has 19 heavy (non-hydrogen) atoms. The SMILES string of the molecule is Cc1nn(-c2c(F)cccc2C(C)(C)N)cc1C=O. The second kappa shape index (κ2) is 4.59. The lowest BCUT2D eigenvalue weighted by atomic mass is 9.93. The predicted octanol–water partition coefficient (Wildman–Crippen LogP) is 2.33. The summed E-state index contributed by atoms with van der Waals surface area (Å²) in [6.07, 6.45) is 2.21. The topological polar surface area (TPSA) is 60.9 Å². The first-order chi connectivity index (χ1) is 8.84. The summed E-state index contributed by atoms with van der Waals surface area (Å²) in [5.41, 5.74) is 7.26. The molecule has 0 atom stereocenters. The van der Waals surface area contributed by atoms with Crippen molar-refractivity contribution in [1.82, 2.24) is 9.78 Å². The number of nitrogens with two attached hydrogens (primary N) is 1. The Hall–Kier alpha value is -2.01. The molecule has 0 spiro atoms. The van der Waals surface area contributed by atoms with Gasteiger partial charge in [-0.3, -0.25) is 4.79 Å². The molecule has 5 heteroatoms. The minimum Gasteiger partial charge on any atom is -0.322 e. The maximum atomic E-state index is 14.1. The molecule has 2 N–H and O–H groups in total. The van der Waals surface area contributed by atoms with E-state index in [1.165, 1.54) is 16.9 Å². The Morgan fingerprint density at radius 3 is 2.63 bits per heavy atom. The molecular weight excluding hydrogens is 245 g/mol. The standard InChI is InChI=1S/C14H16FN3O/c1-9-10(8-19)7-18(17-9)13-11(14(2,3)16)5-4-6-12(13)15/h4-8H,16H2,1-3H3. The summed E-state index contributed by atoms with van der Waals surface area (Å²) in [7, 11) is 0. The maximum absolute atomic E-state index is 14.1. The molecule has 0 aliphatic heterocycles. The molecule has 0 amide bonds. The van der Waals surface area contributed by atoms with E-state index in [9.17, 15) is 9.18 Å². The molecule has 0 saturated heterocycles. The first-order valence-electron chi connectivity index (χ1n) is 5.94. The van der Waals surface area contributed by atoms with Crippen molar-refractivity contribution in [2.24, 2.45) is 5.73 Å². The number of aromatic nitrogens is 2. The summed E-state index contributed by atoms with van der Waals surface area (Å²) in [5, 5.41) is 4.18. The van der Waals surface area contributed by atoms with Crippen LogP contribution in [0.5, 0.6) is 0 Å². The minimum absolute atomic E-state index is 0.284. The molecule has 100 valence electrons. The Morgan fingerprint density at radius 2 is 2.11 bits per heavy atom. The first-order valence-corrected chi connectivity index (χ1v) is 5.94.